The average Bonchev–Trinajstić information content (AvgIpc) is 2.82. The van der Waals surface area contributed by atoms with Crippen molar-refractivity contribution in [2.24, 2.45) is 0 Å². The molecule has 4 aromatic rings. The highest BCUT2D eigenvalue weighted by Gasteiger charge is 2.22. The number of aromatic nitrogens is 1. The molecule has 0 atom stereocenters. The van der Waals surface area contributed by atoms with Crippen LogP contribution >= 0.6 is 0 Å². The molecule has 0 fully saturated rings. The Kier molecular flexibility index (Phi) is 5.49. The third-order valence-corrected chi connectivity index (χ3v) is 4.86. The van der Waals surface area contributed by atoms with Crippen molar-refractivity contribution in [2.75, 3.05) is 18.3 Å². The number of hydrazine groups is 1. The second-order valence-electron chi connectivity index (χ2n) is 6.75. The Morgan fingerprint density at radius 3 is 2.35 bits per heavy atom. The number of pyridine rings is 1. The van der Waals surface area contributed by atoms with Gasteiger partial charge in [0.1, 0.15) is 0 Å². The van der Waals surface area contributed by atoms with Gasteiger partial charge in [-0.1, -0.05) is 60.7 Å². The zero-order valence-corrected chi connectivity index (χ0v) is 16.8. The number of anilines is 2. The second-order valence-corrected chi connectivity index (χ2v) is 6.75. The molecule has 0 saturated heterocycles. The van der Waals surface area contributed by atoms with Gasteiger partial charge in [0, 0.05) is 16.5 Å². The van der Waals surface area contributed by atoms with Gasteiger partial charge in [-0.2, -0.15) is 0 Å². The van der Waals surface area contributed by atoms with Crippen LogP contribution in [0.2, 0.25) is 0 Å². The minimum absolute atomic E-state index is 0.289. The van der Waals surface area contributed by atoms with Crippen LogP contribution in [-0.4, -0.2) is 24.0 Å². The summed E-state index contributed by atoms with van der Waals surface area (Å²) in [5.41, 5.74) is 15.1. The Hall–Kier alpha value is -4.39. The second kappa shape index (κ2) is 8.54. The van der Waals surface area contributed by atoms with E-state index in [1.165, 1.54) is 7.11 Å². The maximum absolute atomic E-state index is 13.7. The quantitative estimate of drug-likeness (QED) is 0.331. The molecule has 7 heteroatoms. The van der Waals surface area contributed by atoms with Gasteiger partial charge in [0.25, 0.3) is 0 Å². The van der Waals surface area contributed by atoms with Crippen molar-refractivity contribution in [2.45, 2.75) is 0 Å². The summed E-state index contributed by atoms with van der Waals surface area (Å²) in [5.74, 6) is -0.289. The minimum Gasteiger partial charge on any atom is -0.452 e. The lowest BCUT2D eigenvalue weighted by atomic mass is 9.94. The molecule has 1 amide bonds. The van der Waals surface area contributed by atoms with Crippen LogP contribution in [0.4, 0.5) is 16.2 Å². The van der Waals surface area contributed by atoms with Gasteiger partial charge >= 0.3 is 6.09 Å². The monoisotopic (exact) mass is 412 g/mol. The molecule has 0 saturated carbocycles. The van der Waals surface area contributed by atoms with Crippen LogP contribution in [0.5, 0.6) is 0 Å². The van der Waals surface area contributed by atoms with Gasteiger partial charge in [-0.25, -0.2) is 15.2 Å². The number of nitrogens with two attached hydrogens (primary N) is 1. The molecule has 0 aliphatic carbocycles. The zero-order valence-electron chi connectivity index (χ0n) is 16.8. The molecule has 154 valence electrons. The fraction of sp³-hybridized carbons (Fsp3) is 0.0417. The summed E-state index contributed by atoms with van der Waals surface area (Å²) in [6, 6.07) is 23.7. The normalized spacial score (nSPS) is 10.5. The Bertz CT molecular complexity index is 1270. The third-order valence-electron chi connectivity index (χ3n) is 4.86. The van der Waals surface area contributed by atoms with Crippen molar-refractivity contribution < 1.29 is 14.3 Å². The largest absolute Gasteiger partial charge is 0.452 e. The van der Waals surface area contributed by atoms with Crippen LogP contribution in [0.1, 0.15) is 15.9 Å². The fourth-order valence-corrected chi connectivity index (χ4v) is 3.38. The van der Waals surface area contributed by atoms with Gasteiger partial charge in [-0.15, -0.1) is 0 Å². The first-order chi connectivity index (χ1) is 15.1. The summed E-state index contributed by atoms with van der Waals surface area (Å²) in [6.45, 7) is 0. The third kappa shape index (κ3) is 3.89. The number of carbonyl (C=O) groups is 2. The number of benzene rings is 3. The number of amides is 1. The van der Waals surface area contributed by atoms with Crippen LogP contribution in [0, 0.1) is 0 Å². The van der Waals surface area contributed by atoms with E-state index in [1.807, 2.05) is 54.6 Å². The Balaban J connectivity index is 1.88. The number of nitrogens with one attached hydrogen (secondary N) is 2. The number of nitrogen functional groups attached to an aromatic ring is 1. The summed E-state index contributed by atoms with van der Waals surface area (Å²) in [7, 11) is 1.25. The van der Waals surface area contributed by atoms with Crippen LogP contribution in [-0.2, 0) is 4.74 Å². The van der Waals surface area contributed by atoms with Crippen molar-refractivity contribution in [1.82, 2.24) is 10.4 Å². The molecule has 1 aromatic heterocycles. The summed E-state index contributed by atoms with van der Waals surface area (Å²) in [6.07, 6.45) is -0.678. The minimum atomic E-state index is -0.678. The molecule has 0 bridgehead atoms. The van der Waals surface area contributed by atoms with E-state index in [4.69, 9.17) is 10.7 Å². The molecule has 0 unspecified atom stereocenters. The van der Waals surface area contributed by atoms with Crippen LogP contribution < -0.4 is 16.6 Å². The van der Waals surface area contributed by atoms with Crippen LogP contribution in [0.3, 0.4) is 0 Å². The van der Waals surface area contributed by atoms with Gasteiger partial charge < -0.3 is 10.5 Å². The first kappa shape index (κ1) is 19.9. The first-order valence-corrected chi connectivity index (χ1v) is 9.57. The average molecular weight is 412 g/mol. The van der Waals surface area contributed by atoms with Crippen molar-refractivity contribution in [1.29, 1.82) is 0 Å². The first-order valence-electron chi connectivity index (χ1n) is 9.57. The van der Waals surface area contributed by atoms with Crippen LogP contribution in [0.15, 0.2) is 78.9 Å². The zero-order chi connectivity index (χ0) is 21.8. The number of methoxy groups -OCH3 is 1. The van der Waals surface area contributed by atoms with Gasteiger partial charge in [-0.3, -0.25) is 10.2 Å². The predicted molar refractivity (Wildman–Crippen MR) is 121 cm³/mol. The van der Waals surface area contributed by atoms with Crippen molar-refractivity contribution in [3.8, 4) is 11.3 Å². The molecule has 31 heavy (non-hydrogen) atoms. The number of nitrogens with zero attached hydrogens (tertiary/aromatic N) is 1. The molecule has 0 aliphatic heterocycles. The number of ketones is 1. The summed E-state index contributed by atoms with van der Waals surface area (Å²) in [4.78, 5) is 29.9. The van der Waals surface area contributed by atoms with Crippen molar-refractivity contribution in [3.63, 3.8) is 0 Å². The van der Waals surface area contributed by atoms with Crippen molar-refractivity contribution in [3.05, 3.63) is 90.0 Å². The fourth-order valence-electron chi connectivity index (χ4n) is 3.38. The maximum Gasteiger partial charge on any atom is 0.425 e. The summed E-state index contributed by atoms with van der Waals surface area (Å²) in [5, 5.41) is 0.653. The lowest BCUT2D eigenvalue weighted by molar-refractivity contribution is 0.104. The van der Waals surface area contributed by atoms with E-state index in [0.29, 0.717) is 39.1 Å². The van der Waals surface area contributed by atoms with E-state index in [2.05, 4.69) is 15.6 Å². The van der Waals surface area contributed by atoms with E-state index < -0.39 is 6.09 Å². The topological polar surface area (TPSA) is 106 Å². The molecule has 1 heterocycles. The van der Waals surface area contributed by atoms with Gasteiger partial charge in [0.05, 0.1) is 35.3 Å². The molecule has 4 N–H and O–H groups in total. The Morgan fingerprint density at radius 1 is 0.903 bits per heavy atom. The lowest BCUT2D eigenvalue weighted by Crippen LogP contribution is -2.30. The summed E-state index contributed by atoms with van der Waals surface area (Å²) < 4.78 is 4.57. The number of hydrogen-bond acceptors (Lipinski definition) is 6. The SMILES string of the molecule is COC(=O)NNc1ccccc1C(=O)c1c(N)c(-c2ccccc2)nc2ccccc12. The number of ether oxygens (including phenoxy) is 1. The van der Waals surface area contributed by atoms with Gasteiger partial charge in [-0.05, 0) is 18.2 Å². The number of hydrogen-bond donors (Lipinski definition) is 3. The number of rotatable bonds is 5. The molecule has 0 radical (unpaired) electrons. The van der Waals surface area contributed by atoms with Gasteiger partial charge in [0.15, 0.2) is 5.78 Å². The Labute approximate surface area is 178 Å². The highest BCUT2D eigenvalue weighted by Crippen LogP contribution is 2.34. The number of para-hydroxylation sites is 2. The van der Waals surface area contributed by atoms with Crippen molar-refractivity contribution >= 4 is 34.2 Å². The molecular formula is C24H20N4O3. The van der Waals surface area contributed by atoms with Gasteiger partial charge in [0.2, 0.25) is 0 Å². The summed E-state index contributed by atoms with van der Waals surface area (Å²) >= 11 is 0. The number of fused-ring (bicyclic) bond motifs is 1. The smallest absolute Gasteiger partial charge is 0.425 e. The Morgan fingerprint density at radius 2 is 1.58 bits per heavy atom. The molecule has 7 nitrogen and oxygen atoms in total. The molecule has 4 rings (SSSR count). The molecule has 3 aromatic carbocycles. The van der Waals surface area contributed by atoms with E-state index in [-0.39, 0.29) is 5.78 Å². The molecule has 0 aliphatic rings. The van der Waals surface area contributed by atoms with E-state index in [0.717, 1.165) is 5.56 Å². The van der Waals surface area contributed by atoms with E-state index >= 15 is 0 Å². The van der Waals surface area contributed by atoms with Crippen LogP contribution in [0.25, 0.3) is 22.2 Å². The number of carbonyl (C=O) groups excluding carboxylic acids is 2. The highest BCUT2D eigenvalue weighted by molar-refractivity contribution is 6.22. The molecule has 0 spiro atoms. The predicted octanol–water partition coefficient (Wildman–Crippen LogP) is 4.40. The van der Waals surface area contributed by atoms with E-state index in [9.17, 15) is 9.59 Å². The molecular weight excluding hydrogens is 392 g/mol. The lowest BCUT2D eigenvalue weighted by Gasteiger charge is -2.16. The standard InChI is InChI=1S/C24H20N4O3/c1-31-24(30)28-27-19-14-8-6-12-17(19)23(29)20-16-11-5-7-13-18(16)26-22(21(20)25)15-9-3-2-4-10-15/h2-14,27H,25H2,1H3,(H,28,30). The van der Waals surface area contributed by atoms with E-state index in [1.54, 1.807) is 24.3 Å². The highest BCUT2D eigenvalue weighted by atomic mass is 16.5. The maximum atomic E-state index is 13.7.